The lowest BCUT2D eigenvalue weighted by molar-refractivity contribution is 0.296. The summed E-state index contributed by atoms with van der Waals surface area (Å²) in [6.45, 7) is 3.17. The van der Waals surface area contributed by atoms with Crippen LogP contribution in [0.3, 0.4) is 0 Å². The minimum Gasteiger partial charge on any atom is -0.326 e. The summed E-state index contributed by atoms with van der Waals surface area (Å²) in [5.41, 5.74) is 8.47. The molecule has 0 saturated carbocycles. The van der Waals surface area contributed by atoms with E-state index in [1.807, 2.05) is 17.9 Å². The summed E-state index contributed by atoms with van der Waals surface area (Å²) >= 11 is 0. The second-order valence-corrected chi connectivity index (χ2v) is 4.25. The Balaban J connectivity index is 2.33. The molecular weight excluding hydrogens is 176 g/mol. The zero-order valence-corrected chi connectivity index (χ0v) is 9.07. The van der Waals surface area contributed by atoms with Crippen molar-refractivity contribution in [2.24, 2.45) is 12.8 Å². The number of hydrogen-bond acceptors (Lipinski definition) is 3. The Kier molecular flexibility index (Phi) is 2.33. The van der Waals surface area contributed by atoms with Crippen molar-refractivity contribution in [1.29, 1.82) is 0 Å². The van der Waals surface area contributed by atoms with Crippen molar-refractivity contribution in [1.82, 2.24) is 14.7 Å². The lowest BCUT2D eigenvalue weighted by Crippen LogP contribution is -2.30. The fourth-order valence-electron chi connectivity index (χ4n) is 2.30. The van der Waals surface area contributed by atoms with Crippen LogP contribution < -0.4 is 5.73 Å². The molecule has 0 bridgehead atoms. The van der Waals surface area contributed by atoms with E-state index >= 15 is 0 Å². The first-order valence-corrected chi connectivity index (χ1v) is 5.05. The topological polar surface area (TPSA) is 47.1 Å². The Bertz CT molecular complexity index is 321. The Hall–Kier alpha value is -0.870. The zero-order chi connectivity index (χ0) is 10.3. The Labute approximate surface area is 84.7 Å². The van der Waals surface area contributed by atoms with Gasteiger partial charge in [0.15, 0.2) is 0 Å². The maximum absolute atomic E-state index is 6.09. The average molecular weight is 194 g/mol. The van der Waals surface area contributed by atoms with E-state index in [1.54, 1.807) is 0 Å². The quantitative estimate of drug-likeness (QED) is 0.705. The summed E-state index contributed by atoms with van der Waals surface area (Å²) in [5, 5.41) is 4.49. The SMILES string of the molecule is Cc1cn(C)nc1C1C(N)CCN1C. The van der Waals surface area contributed by atoms with Crippen LogP contribution in [-0.2, 0) is 7.05 Å². The van der Waals surface area contributed by atoms with Gasteiger partial charge in [-0.2, -0.15) is 5.10 Å². The summed E-state index contributed by atoms with van der Waals surface area (Å²) in [5.74, 6) is 0. The average Bonchev–Trinajstić information content (AvgIpc) is 2.57. The summed E-state index contributed by atoms with van der Waals surface area (Å²) < 4.78 is 1.86. The maximum Gasteiger partial charge on any atom is 0.0840 e. The molecule has 1 aromatic rings. The second-order valence-electron chi connectivity index (χ2n) is 4.25. The number of rotatable bonds is 1. The van der Waals surface area contributed by atoms with Gasteiger partial charge in [-0.1, -0.05) is 0 Å². The van der Waals surface area contributed by atoms with Gasteiger partial charge in [0, 0.05) is 25.8 Å². The molecule has 4 heteroatoms. The first-order chi connectivity index (χ1) is 6.59. The Morgan fingerprint density at radius 1 is 1.50 bits per heavy atom. The molecule has 1 aliphatic rings. The lowest BCUT2D eigenvalue weighted by atomic mass is 10.0. The highest BCUT2D eigenvalue weighted by Gasteiger charge is 2.32. The van der Waals surface area contributed by atoms with Crippen molar-refractivity contribution < 1.29 is 0 Å². The van der Waals surface area contributed by atoms with Crippen LogP contribution in [0, 0.1) is 6.92 Å². The molecule has 0 radical (unpaired) electrons. The number of nitrogens with zero attached hydrogens (tertiary/aromatic N) is 3. The molecule has 2 rings (SSSR count). The van der Waals surface area contributed by atoms with Gasteiger partial charge in [0.1, 0.15) is 0 Å². The number of aromatic nitrogens is 2. The highest BCUT2D eigenvalue weighted by molar-refractivity contribution is 5.21. The normalized spacial score (nSPS) is 28.6. The van der Waals surface area contributed by atoms with E-state index in [9.17, 15) is 0 Å². The first-order valence-electron chi connectivity index (χ1n) is 5.05. The fourth-order valence-corrected chi connectivity index (χ4v) is 2.30. The smallest absolute Gasteiger partial charge is 0.0840 e. The molecule has 1 saturated heterocycles. The molecule has 4 nitrogen and oxygen atoms in total. The molecule has 1 aromatic heterocycles. The molecule has 0 aromatic carbocycles. The van der Waals surface area contributed by atoms with Gasteiger partial charge in [-0.05, 0) is 26.0 Å². The van der Waals surface area contributed by atoms with Crippen LogP contribution in [0.5, 0.6) is 0 Å². The predicted molar refractivity (Wildman–Crippen MR) is 55.9 cm³/mol. The molecular formula is C10H18N4. The van der Waals surface area contributed by atoms with Crippen molar-refractivity contribution in [2.75, 3.05) is 13.6 Å². The summed E-state index contributed by atoms with van der Waals surface area (Å²) in [6, 6.07) is 0.532. The van der Waals surface area contributed by atoms with Gasteiger partial charge in [0.25, 0.3) is 0 Å². The molecule has 2 atom stereocenters. The van der Waals surface area contributed by atoms with Crippen LogP contribution in [0.2, 0.25) is 0 Å². The standard InChI is InChI=1S/C10H18N4/c1-7-6-14(3)12-9(7)10-8(11)4-5-13(10)2/h6,8,10H,4-5,11H2,1-3H3. The molecule has 1 fully saturated rings. The van der Waals surface area contributed by atoms with E-state index in [4.69, 9.17) is 5.73 Å². The number of likely N-dealkylation sites (N-methyl/N-ethyl adjacent to an activating group) is 1. The number of nitrogens with two attached hydrogens (primary N) is 1. The molecule has 14 heavy (non-hydrogen) atoms. The summed E-state index contributed by atoms with van der Waals surface area (Å²) in [4.78, 5) is 2.29. The lowest BCUT2D eigenvalue weighted by Gasteiger charge is -2.21. The van der Waals surface area contributed by atoms with Gasteiger partial charge in [0.05, 0.1) is 11.7 Å². The minimum atomic E-state index is 0.230. The number of hydrogen-bond donors (Lipinski definition) is 1. The molecule has 0 aliphatic carbocycles. The van der Waals surface area contributed by atoms with Crippen LogP contribution in [0.4, 0.5) is 0 Å². The highest BCUT2D eigenvalue weighted by Crippen LogP contribution is 2.30. The molecule has 1 aliphatic heterocycles. The van der Waals surface area contributed by atoms with E-state index in [0.717, 1.165) is 18.7 Å². The maximum atomic E-state index is 6.09. The van der Waals surface area contributed by atoms with Crippen LogP contribution in [0.25, 0.3) is 0 Å². The fraction of sp³-hybridized carbons (Fsp3) is 0.700. The van der Waals surface area contributed by atoms with Crippen LogP contribution in [0.1, 0.15) is 23.7 Å². The molecule has 2 N–H and O–H groups in total. The van der Waals surface area contributed by atoms with Crippen molar-refractivity contribution >= 4 is 0 Å². The molecule has 78 valence electrons. The third kappa shape index (κ3) is 1.44. The van der Waals surface area contributed by atoms with Crippen LogP contribution in [-0.4, -0.2) is 34.3 Å². The van der Waals surface area contributed by atoms with E-state index in [0.29, 0.717) is 6.04 Å². The predicted octanol–water partition coefficient (Wildman–Crippen LogP) is 0.432. The monoisotopic (exact) mass is 194 g/mol. The molecule has 0 spiro atoms. The molecule has 0 amide bonds. The van der Waals surface area contributed by atoms with Crippen LogP contribution in [0.15, 0.2) is 6.20 Å². The van der Waals surface area contributed by atoms with Crippen molar-refractivity contribution in [3.05, 3.63) is 17.5 Å². The van der Waals surface area contributed by atoms with Gasteiger partial charge in [-0.25, -0.2) is 0 Å². The summed E-state index contributed by atoms with van der Waals surface area (Å²) in [7, 11) is 4.07. The van der Waals surface area contributed by atoms with E-state index in [1.165, 1.54) is 5.56 Å². The van der Waals surface area contributed by atoms with Crippen molar-refractivity contribution in [3.63, 3.8) is 0 Å². The van der Waals surface area contributed by atoms with Gasteiger partial charge in [0.2, 0.25) is 0 Å². The molecule has 2 unspecified atom stereocenters. The third-order valence-corrected chi connectivity index (χ3v) is 3.03. The third-order valence-electron chi connectivity index (χ3n) is 3.03. The minimum absolute atomic E-state index is 0.230. The first kappa shape index (κ1) is 9.68. The van der Waals surface area contributed by atoms with E-state index in [-0.39, 0.29) is 6.04 Å². The summed E-state index contributed by atoms with van der Waals surface area (Å²) in [6.07, 6.45) is 3.12. The highest BCUT2D eigenvalue weighted by atomic mass is 15.3. The zero-order valence-electron chi connectivity index (χ0n) is 9.07. The number of aryl methyl sites for hydroxylation is 2. The van der Waals surface area contributed by atoms with Gasteiger partial charge in [-0.15, -0.1) is 0 Å². The van der Waals surface area contributed by atoms with Gasteiger partial charge < -0.3 is 5.73 Å². The van der Waals surface area contributed by atoms with E-state index in [2.05, 4.69) is 24.0 Å². The second kappa shape index (κ2) is 3.37. The number of likely N-dealkylation sites (tertiary alicyclic amines) is 1. The van der Waals surface area contributed by atoms with Crippen molar-refractivity contribution in [3.8, 4) is 0 Å². The van der Waals surface area contributed by atoms with Crippen molar-refractivity contribution in [2.45, 2.75) is 25.4 Å². The van der Waals surface area contributed by atoms with Crippen LogP contribution >= 0.6 is 0 Å². The van der Waals surface area contributed by atoms with Gasteiger partial charge in [-0.3, -0.25) is 9.58 Å². The molecule has 2 heterocycles. The Morgan fingerprint density at radius 2 is 2.21 bits per heavy atom. The van der Waals surface area contributed by atoms with Gasteiger partial charge >= 0.3 is 0 Å². The Morgan fingerprint density at radius 3 is 2.64 bits per heavy atom. The van der Waals surface area contributed by atoms with E-state index < -0.39 is 0 Å². The largest absolute Gasteiger partial charge is 0.326 e.